The Kier molecular flexibility index (Phi) is 5.42. The Hall–Kier alpha value is -0.120. The second kappa shape index (κ2) is 6.17. The van der Waals surface area contributed by atoms with Crippen LogP contribution in [0.1, 0.15) is 39.5 Å². The van der Waals surface area contributed by atoms with Gasteiger partial charge in [0.1, 0.15) is 0 Å². The Morgan fingerprint density at radius 2 is 1.76 bits per heavy atom. The topological polar surface area (TPSA) is 32.5 Å². The first kappa shape index (κ1) is 14.9. The smallest absolute Gasteiger partial charge is 0.0330 e. The molecule has 0 radical (unpaired) electrons. The van der Waals surface area contributed by atoms with Gasteiger partial charge in [0.25, 0.3) is 0 Å². The summed E-state index contributed by atoms with van der Waals surface area (Å²) in [5.41, 5.74) is 6.34. The van der Waals surface area contributed by atoms with Crippen LogP contribution in [0.5, 0.6) is 0 Å². The van der Waals surface area contributed by atoms with E-state index in [9.17, 15) is 0 Å². The van der Waals surface area contributed by atoms with Gasteiger partial charge in [-0.2, -0.15) is 0 Å². The number of rotatable bonds is 7. The summed E-state index contributed by atoms with van der Waals surface area (Å²) in [5.74, 6) is 0.725. The molecule has 2 N–H and O–H groups in total. The molecule has 0 aromatic heterocycles. The summed E-state index contributed by atoms with van der Waals surface area (Å²) in [6.07, 6.45) is 5.26. The van der Waals surface area contributed by atoms with Gasteiger partial charge in [0, 0.05) is 24.7 Å². The Bertz CT molecular complexity index is 222. The van der Waals surface area contributed by atoms with Gasteiger partial charge in [-0.05, 0) is 52.7 Å². The lowest BCUT2D eigenvalue weighted by Gasteiger charge is -2.50. The molecule has 0 aromatic rings. The Labute approximate surface area is 107 Å². The summed E-state index contributed by atoms with van der Waals surface area (Å²) in [6, 6.07) is 0.535. The van der Waals surface area contributed by atoms with Gasteiger partial charge in [-0.3, -0.25) is 0 Å². The molecule has 0 saturated heterocycles. The van der Waals surface area contributed by atoms with E-state index in [2.05, 4.69) is 44.8 Å². The average molecular weight is 241 g/mol. The summed E-state index contributed by atoms with van der Waals surface area (Å²) in [6.45, 7) is 6.50. The summed E-state index contributed by atoms with van der Waals surface area (Å²) in [5, 5.41) is 0. The number of hydrogen-bond acceptors (Lipinski definition) is 3. The molecule has 0 spiro atoms. The quantitative estimate of drug-likeness (QED) is 0.737. The lowest BCUT2D eigenvalue weighted by molar-refractivity contribution is 0.0146. The lowest BCUT2D eigenvalue weighted by atomic mass is 9.75. The Balaban J connectivity index is 2.53. The highest BCUT2D eigenvalue weighted by molar-refractivity contribution is 4.98. The first-order valence-corrected chi connectivity index (χ1v) is 6.99. The van der Waals surface area contributed by atoms with Crippen molar-refractivity contribution in [2.24, 2.45) is 11.7 Å². The van der Waals surface area contributed by atoms with Crippen LogP contribution in [-0.2, 0) is 0 Å². The van der Waals surface area contributed by atoms with Gasteiger partial charge in [-0.25, -0.2) is 0 Å². The number of nitrogens with two attached hydrogens (primary N) is 1. The Morgan fingerprint density at radius 3 is 2.06 bits per heavy atom. The minimum Gasteiger partial charge on any atom is -0.329 e. The fourth-order valence-electron chi connectivity index (χ4n) is 2.93. The molecule has 102 valence electrons. The van der Waals surface area contributed by atoms with Crippen molar-refractivity contribution in [2.45, 2.75) is 51.1 Å². The third-order valence-electron chi connectivity index (χ3n) is 4.42. The van der Waals surface area contributed by atoms with Gasteiger partial charge < -0.3 is 15.5 Å². The number of nitrogens with zero attached hydrogens (tertiary/aromatic N) is 2. The van der Waals surface area contributed by atoms with E-state index in [0.29, 0.717) is 11.6 Å². The van der Waals surface area contributed by atoms with Crippen molar-refractivity contribution in [1.29, 1.82) is 0 Å². The second-order valence-corrected chi connectivity index (χ2v) is 6.41. The molecule has 1 aliphatic carbocycles. The van der Waals surface area contributed by atoms with Gasteiger partial charge >= 0.3 is 0 Å². The zero-order valence-corrected chi connectivity index (χ0v) is 12.4. The van der Waals surface area contributed by atoms with Crippen molar-refractivity contribution in [3.05, 3.63) is 0 Å². The molecule has 1 fully saturated rings. The van der Waals surface area contributed by atoms with Crippen molar-refractivity contribution in [3.8, 4) is 0 Å². The molecule has 1 atom stereocenters. The maximum Gasteiger partial charge on any atom is 0.0330 e. The molecule has 0 bridgehead atoms. The Morgan fingerprint density at radius 1 is 1.18 bits per heavy atom. The maximum atomic E-state index is 5.92. The van der Waals surface area contributed by atoms with Crippen LogP contribution in [-0.4, -0.2) is 55.6 Å². The minimum atomic E-state index is 0.416. The van der Waals surface area contributed by atoms with E-state index in [1.165, 1.54) is 25.7 Å². The van der Waals surface area contributed by atoms with Crippen LogP contribution in [0.25, 0.3) is 0 Å². The zero-order valence-electron chi connectivity index (χ0n) is 12.4. The van der Waals surface area contributed by atoms with E-state index in [4.69, 9.17) is 5.73 Å². The van der Waals surface area contributed by atoms with Gasteiger partial charge in [0.2, 0.25) is 0 Å². The molecule has 0 aliphatic heterocycles. The van der Waals surface area contributed by atoms with E-state index in [1.54, 1.807) is 0 Å². The average Bonchev–Trinajstić information content (AvgIpc) is 2.18. The van der Waals surface area contributed by atoms with E-state index in [1.807, 2.05) is 0 Å². The highest BCUT2D eigenvalue weighted by atomic mass is 15.2. The highest BCUT2D eigenvalue weighted by Gasteiger charge is 2.40. The monoisotopic (exact) mass is 241 g/mol. The van der Waals surface area contributed by atoms with Crippen molar-refractivity contribution < 1.29 is 0 Å². The highest BCUT2D eigenvalue weighted by Crippen LogP contribution is 2.37. The molecule has 1 aliphatic rings. The van der Waals surface area contributed by atoms with E-state index >= 15 is 0 Å². The third kappa shape index (κ3) is 3.67. The number of hydrogen-bond donors (Lipinski definition) is 1. The molecule has 0 amide bonds. The van der Waals surface area contributed by atoms with Crippen molar-refractivity contribution in [2.75, 3.05) is 34.2 Å². The fourth-order valence-corrected chi connectivity index (χ4v) is 2.93. The van der Waals surface area contributed by atoms with Crippen LogP contribution in [0.3, 0.4) is 0 Å². The maximum absolute atomic E-state index is 5.92. The van der Waals surface area contributed by atoms with Gasteiger partial charge in [-0.15, -0.1) is 0 Å². The fraction of sp³-hybridized carbons (Fsp3) is 1.00. The predicted octanol–water partition coefficient (Wildman–Crippen LogP) is 1.78. The van der Waals surface area contributed by atoms with Gasteiger partial charge in [0.15, 0.2) is 0 Å². The minimum absolute atomic E-state index is 0.416. The molecule has 1 unspecified atom stereocenters. The molecule has 1 saturated carbocycles. The lowest BCUT2D eigenvalue weighted by Crippen LogP contribution is -2.58. The second-order valence-electron chi connectivity index (χ2n) is 6.41. The molecule has 0 heterocycles. The van der Waals surface area contributed by atoms with Crippen LogP contribution < -0.4 is 5.73 Å². The molecular weight excluding hydrogens is 210 g/mol. The SMILES string of the molecule is CC(C)CC(CN)N(C)CC1(N(C)C)CCC1. The van der Waals surface area contributed by atoms with Crippen molar-refractivity contribution in [1.82, 2.24) is 9.80 Å². The van der Waals surface area contributed by atoms with Crippen LogP contribution >= 0.6 is 0 Å². The van der Waals surface area contributed by atoms with Crippen LogP contribution in [0.2, 0.25) is 0 Å². The van der Waals surface area contributed by atoms with Crippen LogP contribution in [0, 0.1) is 5.92 Å². The van der Waals surface area contributed by atoms with E-state index in [-0.39, 0.29) is 0 Å². The largest absolute Gasteiger partial charge is 0.329 e. The first-order valence-electron chi connectivity index (χ1n) is 6.99. The predicted molar refractivity (Wildman–Crippen MR) is 75.2 cm³/mol. The molecule has 17 heavy (non-hydrogen) atoms. The molecule has 0 aromatic carbocycles. The van der Waals surface area contributed by atoms with Crippen LogP contribution in [0.15, 0.2) is 0 Å². The summed E-state index contributed by atoms with van der Waals surface area (Å²) in [4.78, 5) is 4.90. The molecule has 3 nitrogen and oxygen atoms in total. The van der Waals surface area contributed by atoms with Crippen molar-refractivity contribution in [3.63, 3.8) is 0 Å². The molecule has 1 rings (SSSR count). The standard InChI is InChI=1S/C14H31N3/c1-12(2)9-13(10-15)17(5)11-14(16(3)4)7-6-8-14/h12-13H,6-11,15H2,1-5H3. The number of likely N-dealkylation sites (N-methyl/N-ethyl adjacent to an activating group) is 2. The molecule has 3 heteroatoms. The van der Waals surface area contributed by atoms with Crippen LogP contribution in [0.4, 0.5) is 0 Å². The van der Waals surface area contributed by atoms with Gasteiger partial charge in [0.05, 0.1) is 0 Å². The summed E-state index contributed by atoms with van der Waals surface area (Å²) < 4.78 is 0. The first-order chi connectivity index (χ1) is 7.91. The van der Waals surface area contributed by atoms with Crippen molar-refractivity contribution >= 4 is 0 Å². The van der Waals surface area contributed by atoms with E-state index in [0.717, 1.165) is 19.0 Å². The zero-order chi connectivity index (χ0) is 13.1. The third-order valence-corrected chi connectivity index (χ3v) is 4.42. The normalized spacial score (nSPS) is 21.0. The van der Waals surface area contributed by atoms with Gasteiger partial charge in [-0.1, -0.05) is 13.8 Å². The van der Waals surface area contributed by atoms with E-state index < -0.39 is 0 Å². The molecular formula is C14H31N3. The summed E-state index contributed by atoms with van der Waals surface area (Å²) >= 11 is 0. The summed E-state index contributed by atoms with van der Waals surface area (Å²) in [7, 11) is 6.67.